The molecule has 0 saturated carbocycles. The van der Waals surface area contributed by atoms with Gasteiger partial charge in [-0.15, -0.1) is 0 Å². The Kier molecular flexibility index (Phi) is 5.36. The smallest absolute Gasteiger partial charge is 0.310 e. The fourth-order valence-electron chi connectivity index (χ4n) is 2.04. The molecule has 19 heavy (non-hydrogen) atoms. The Morgan fingerprint density at radius 2 is 1.95 bits per heavy atom. The molecule has 1 aromatic carbocycles. The van der Waals surface area contributed by atoms with Gasteiger partial charge < -0.3 is 9.47 Å². The van der Waals surface area contributed by atoms with E-state index in [2.05, 4.69) is 4.90 Å². The molecule has 0 aromatic heterocycles. The molecule has 1 aliphatic heterocycles. The molecule has 4 heteroatoms. The van der Waals surface area contributed by atoms with Crippen molar-refractivity contribution in [1.82, 2.24) is 4.90 Å². The van der Waals surface area contributed by atoms with Gasteiger partial charge in [-0.3, -0.25) is 9.69 Å². The van der Waals surface area contributed by atoms with Gasteiger partial charge in [0.2, 0.25) is 0 Å². The van der Waals surface area contributed by atoms with Gasteiger partial charge in [-0.2, -0.15) is 0 Å². The number of rotatable bonds is 5. The highest BCUT2D eigenvalue weighted by Gasteiger charge is 2.11. The van der Waals surface area contributed by atoms with Gasteiger partial charge in [0.25, 0.3) is 0 Å². The van der Waals surface area contributed by atoms with Crippen molar-refractivity contribution in [1.29, 1.82) is 0 Å². The number of nitrogens with zero attached hydrogens (tertiary/aromatic N) is 1. The molecule has 1 saturated heterocycles. The van der Waals surface area contributed by atoms with Crippen LogP contribution in [0.3, 0.4) is 0 Å². The SMILES string of the molecule is Cc1ccc(CC(=O)OCCN2CCOCC2)cc1. The molecule has 0 radical (unpaired) electrons. The van der Waals surface area contributed by atoms with Crippen LogP contribution in [0.5, 0.6) is 0 Å². The van der Waals surface area contributed by atoms with E-state index in [-0.39, 0.29) is 5.97 Å². The summed E-state index contributed by atoms with van der Waals surface area (Å²) in [6.45, 7) is 6.69. The lowest BCUT2D eigenvalue weighted by molar-refractivity contribution is -0.143. The van der Waals surface area contributed by atoms with E-state index in [9.17, 15) is 4.79 Å². The van der Waals surface area contributed by atoms with E-state index in [1.54, 1.807) is 0 Å². The second kappa shape index (κ2) is 7.26. The van der Waals surface area contributed by atoms with E-state index in [4.69, 9.17) is 9.47 Å². The molecule has 0 bridgehead atoms. The molecule has 4 nitrogen and oxygen atoms in total. The first-order valence-electron chi connectivity index (χ1n) is 6.75. The van der Waals surface area contributed by atoms with Crippen molar-refractivity contribution in [2.75, 3.05) is 39.5 Å². The third-order valence-corrected chi connectivity index (χ3v) is 3.24. The van der Waals surface area contributed by atoms with E-state index in [1.165, 1.54) is 5.56 Å². The standard InChI is InChI=1S/C15H21NO3/c1-13-2-4-14(5-3-13)12-15(17)19-11-8-16-6-9-18-10-7-16/h2-5H,6-12H2,1H3. The van der Waals surface area contributed by atoms with Gasteiger partial charge in [0.15, 0.2) is 0 Å². The van der Waals surface area contributed by atoms with Crippen LogP contribution in [-0.2, 0) is 20.7 Å². The van der Waals surface area contributed by atoms with Crippen molar-refractivity contribution in [3.8, 4) is 0 Å². The molecule has 2 rings (SSSR count). The molecule has 0 atom stereocenters. The van der Waals surface area contributed by atoms with Gasteiger partial charge in [0.05, 0.1) is 19.6 Å². The molecule has 0 unspecified atom stereocenters. The summed E-state index contributed by atoms with van der Waals surface area (Å²) in [5.74, 6) is -0.155. The number of esters is 1. The number of benzene rings is 1. The fraction of sp³-hybridized carbons (Fsp3) is 0.533. The highest BCUT2D eigenvalue weighted by molar-refractivity contribution is 5.72. The number of ether oxygens (including phenoxy) is 2. The largest absolute Gasteiger partial charge is 0.464 e. The lowest BCUT2D eigenvalue weighted by Gasteiger charge is -2.26. The Balaban J connectivity index is 1.65. The minimum Gasteiger partial charge on any atom is -0.464 e. The number of carbonyl (C=O) groups is 1. The van der Waals surface area contributed by atoms with Gasteiger partial charge in [-0.1, -0.05) is 29.8 Å². The summed E-state index contributed by atoms with van der Waals surface area (Å²) < 4.78 is 10.5. The van der Waals surface area contributed by atoms with Gasteiger partial charge in [0.1, 0.15) is 6.61 Å². The fourth-order valence-corrected chi connectivity index (χ4v) is 2.04. The van der Waals surface area contributed by atoms with Crippen LogP contribution in [-0.4, -0.2) is 50.3 Å². The number of carbonyl (C=O) groups excluding carboxylic acids is 1. The molecule has 1 aliphatic rings. The summed E-state index contributed by atoms with van der Waals surface area (Å²) in [4.78, 5) is 13.9. The van der Waals surface area contributed by atoms with E-state index < -0.39 is 0 Å². The number of hydrogen-bond donors (Lipinski definition) is 0. The van der Waals surface area contributed by atoms with Crippen molar-refractivity contribution in [3.63, 3.8) is 0 Å². The summed E-state index contributed by atoms with van der Waals surface area (Å²) in [5, 5.41) is 0. The molecular weight excluding hydrogens is 242 g/mol. The Labute approximate surface area is 114 Å². The molecule has 1 fully saturated rings. The summed E-state index contributed by atoms with van der Waals surface area (Å²) in [7, 11) is 0. The van der Waals surface area contributed by atoms with Crippen molar-refractivity contribution in [2.24, 2.45) is 0 Å². The van der Waals surface area contributed by atoms with Crippen LogP contribution in [0.1, 0.15) is 11.1 Å². The molecule has 0 amide bonds. The molecule has 0 aliphatic carbocycles. The van der Waals surface area contributed by atoms with Crippen LogP contribution in [0.4, 0.5) is 0 Å². The first-order valence-corrected chi connectivity index (χ1v) is 6.75. The van der Waals surface area contributed by atoms with E-state index in [1.807, 2.05) is 31.2 Å². The van der Waals surface area contributed by atoms with Crippen molar-refractivity contribution in [2.45, 2.75) is 13.3 Å². The van der Waals surface area contributed by atoms with Crippen LogP contribution in [0.25, 0.3) is 0 Å². The van der Waals surface area contributed by atoms with E-state index in [0.29, 0.717) is 13.0 Å². The Morgan fingerprint density at radius 3 is 2.63 bits per heavy atom. The van der Waals surface area contributed by atoms with Crippen molar-refractivity contribution < 1.29 is 14.3 Å². The molecular formula is C15H21NO3. The monoisotopic (exact) mass is 263 g/mol. The number of aryl methyl sites for hydroxylation is 1. The van der Waals surface area contributed by atoms with Crippen LogP contribution >= 0.6 is 0 Å². The normalized spacial score (nSPS) is 16.3. The highest BCUT2D eigenvalue weighted by Crippen LogP contribution is 2.05. The van der Waals surface area contributed by atoms with E-state index in [0.717, 1.165) is 38.4 Å². The maximum Gasteiger partial charge on any atom is 0.310 e. The first kappa shape index (κ1) is 14.0. The van der Waals surface area contributed by atoms with Crippen LogP contribution < -0.4 is 0 Å². The second-order valence-corrected chi connectivity index (χ2v) is 4.84. The maximum atomic E-state index is 11.7. The summed E-state index contributed by atoms with van der Waals surface area (Å²) in [5.41, 5.74) is 2.20. The van der Waals surface area contributed by atoms with Crippen molar-refractivity contribution >= 4 is 5.97 Å². The summed E-state index contributed by atoms with van der Waals surface area (Å²) >= 11 is 0. The summed E-state index contributed by atoms with van der Waals surface area (Å²) in [6.07, 6.45) is 0.351. The lowest BCUT2D eigenvalue weighted by atomic mass is 10.1. The topological polar surface area (TPSA) is 38.8 Å². The Morgan fingerprint density at radius 1 is 1.26 bits per heavy atom. The summed E-state index contributed by atoms with van der Waals surface area (Å²) in [6, 6.07) is 7.96. The van der Waals surface area contributed by atoms with Crippen LogP contribution in [0.15, 0.2) is 24.3 Å². The minimum atomic E-state index is -0.155. The van der Waals surface area contributed by atoms with Crippen LogP contribution in [0.2, 0.25) is 0 Å². The van der Waals surface area contributed by atoms with E-state index >= 15 is 0 Å². The Hall–Kier alpha value is -1.39. The Bertz CT molecular complexity index is 396. The predicted molar refractivity (Wildman–Crippen MR) is 73.1 cm³/mol. The molecule has 1 aromatic rings. The zero-order valence-corrected chi connectivity index (χ0v) is 11.4. The zero-order valence-electron chi connectivity index (χ0n) is 11.4. The van der Waals surface area contributed by atoms with Gasteiger partial charge >= 0.3 is 5.97 Å². The molecule has 104 valence electrons. The zero-order chi connectivity index (χ0) is 13.5. The average Bonchev–Trinajstić information content (AvgIpc) is 2.43. The van der Waals surface area contributed by atoms with Crippen LogP contribution in [0, 0.1) is 6.92 Å². The van der Waals surface area contributed by atoms with Gasteiger partial charge in [-0.05, 0) is 12.5 Å². The highest BCUT2D eigenvalue weighted by atomic mass is 16.5. The van der Waals surface area contributed by atoms with Gasteiger partial charge in [-0.25, -0.2) is 0 Å². The predicted octanol–water partition coefficient (Wildman–Crippen LogP) is 1.41. The molecule has 0 spiro atoms. The third-order valence-electron chi connectivity index (χ3n) is 3.24. The van der Waals surface area contributed by atoms with Gasteiger partial charge in [0, 0.05) is 19.6 Å². The van der Waals surface area contributed by atoms with Crippen molar-refractivity contribution in [3.05, 3.63) is 35.4 Å². The molecule has 0 N–H and O–H groups in total. The third kappa shape index (κ3) is 5.01. The number of hydrogen-bond acceptors (Lipinski definition) is 4. The first-order chi connectivity index (χ1) is 9.24. The maximum absolute atomic E-state index is 11.7. The number of morpholine rings is 1. The molecule has 1 heterocycles. The lowest BCUT2D eigenvalue weighted by Crippen LogP contribution is -2.38. The minimum absolute atomic E-state index is 0.155. The second-order valence-electron chi connectivity index (χ2n) is 4.84. The average molecular weight is 263 g/mol. The quantitative estimate of drug-likeness (QED) is 0.753.